The lowest BCUT2D eigenvalue weighted by atomic mass is 10.2. The highest BCUT2D eigenvalue weighted by Gasteiger charge is 2.21. The van der Waals surface area contributed by atoms with Gasteiger partial charge in [0.15, 0.2) is 0 Å². The highest BCUT2D eigenvalue weighted by atomic mass is 32.2. The Bertz CT molecular complexity index is 694. The number of pyridine rings is 1. The van der Waals surface area contributed by atoms with E-state index in [1.165, 1.54) is 0 Å². The third-order valence-corrected chi connectivity index (χ3v) is 5.07. The molecule has 1 N–H and O–H groups in total. The minimum atomic E-state index is -1.28. The molecule has 2 aromatic rings. The van der Waals surface area contributed by atoms with Crippen LogP contribution in [0.1, 0.15) is 32.2 Å². The van der Waals surface area contributed by atoms with Crippen LogP contribution in [0.3, 0.4) is 0 Å². The zero-order valence-electron chi connectivity index (χ0n) is 13.5. The molecule has 0 aliphatic carbocycles. The van der Waals surface area contributed by atoms with Crippen LogP contribution in [0.4, 0.5) is 0 Å². The van der Waals surface area contributed by atoms with Gasteiger partial charge in [-0.1, -0.05) is 19.9 Å². The van der Waals surface area contributed by atoms with Gasteiger partial charge in [0.25, 0.3) is 0 Å². The van der Waals surface area contributed by atoms with E-state index in [0.29, 0.717) is 12.5 Å². The Morgan fingerprint density at radius 2 is 2.09 bits per heavy atom. The van der Waals surface area contributed by atoms with Crippen LogP contribution >= 0.6 is 0 Å². The van der Waals surface area contributed by atoms with Crippen molar-refractivity contribution in [2.24, 2.45) is 5.92 Å². The molecule has 2 heterocycles. The summed E-state index contributed by atoms with van der Waals surface area (Å²) in [4.78, 5) is 16.4. The first-order valence-corrected chi connectivity index (χ1v) is 8.85. The summed E-state index contributed by atoms with van der Waals surface area (Å²) in [7, 11) is -1.28. The SMILES string of the molecule is Cc1cccc2nc(CS(=O)C(C)C(=O)NCC(C)C)cn12. The molecule has 0 aliphatic heterocycles. The number of hydrogen-bond donors (Lipinski definition) is 1. The predicted molar refractivity (Wildman–Crippen MR) is 89.1 cm³/mol. The fourth-order valence-electron chi connectivity index (χ4n) is 2.11. The minimum absolute atomic E-state index is 0.160. The normalized spacial score (nSPS) is 14.2. The maximum Gasteiger partial charge on any atom is 0.235 e. The fourth-order valence-corrected chi connectivity index (χ4v) is 3.11. The number of nitrogens with one attached hydrogen (secondary N) is 1. The summed E-state index contributed by atoms with van der Waals surface area (Å²) < 4.78 is 14.3. The monoisotopic (exact) mass is 321 g/mol. The van der Waals surface area contributed by atoms with Gasteiger partial charge in [-0.2, -0.15) is 0 Å². The van der Waals surface area contributed by atoms with Crippen LogP contribution in [-0.4, -0.2) is 31.3 Å². The van der Waals surface area contributed by atoms with Crippen molar-refractivity contribution in [3.8, 4) is 0 Å². The Labute approximate surface area is 133 Å². The maximum absolute atomic E-state index is 12.4. The average Bonchev–Trinajstić information content (AvgIpc) is 2.87. The lowest BCUT2D eigenvalue weighted by Gasteiger charge is -2.12. The average molecular weight is 321 g/mol. The van der Waals surface area contributed by atoms with E-state index in [2.05, 4.69) is 10.3 Å². The van der Waals surface area contributed by atoms with Gasteiger partial charge in [0.1, 0.15) is 10.9 Å². The number of rotatable bonds is 6. The smallest absolute Gasteiger partial charge is 0.235 e. The molecule has 2 aromatic heterocycles. The molecule has 0 saturated heterocycles. The largest absolute Gasteiger partial charge is 0.355 e. The summed E-state index contributed by atoms with van der Waals surface area (Å²) in [5.74, 6) is 0.509. The molecule has 2 atom stereocenters. The van der Waals surface area contributed by atoms with Gasteiger partial charge in [0.05, 0.1) is 11.4 Å². The number of hydrogen-bond acceptors (Lipinski definition) is 3. The first-order chi connectivity index (χ1) is 10.4. The van der Waals surface area contributed by atoms with Crippen molar-refractivity contribution in [2.45, 2.75) is 38.7 Å². The third-order valence-electron chi connectivity index (χ3n) is 3.48. The van der Waals surface area contributed by atoms with E-state index in [9.17, 15) is 9.00 Å². The molecular weight excluding hydrogens is 298 g/mol. The first kappa shape index (κ1) is 16.7. The molecule has 1 amide bonds. The van der Waals surface area contributed by atoms with Gasteiger partial charge >= 0.3 is 0 Å². The number of nitrogens with zero attached hydrogens (tertiary/aromatic N) is 2. The first-order valence-electron chi connectivity index (χ1n) is 7.47. The number of fused-ring (bicyclic) bond motifs is 1. The van der Waals surface area contributed by atoms with E-state index >= 15 is 0 Å². The lowest BCUT2D eigenvalue weighted by Crippen LogP contribution is -2.37. The van der Waals surface area contributed by atoms with E-state index in [0.717, 1.165) is 17.0 Å². The molecule has 22 heavy (non-hydrogen) atoms. The van der Waals surface area contributed by atoms with E-state index < -0.39 is 16.0 Å². The van der Waals surface area contributed by atoms with E-state index in [-0.39, 0.29) is 11.7 Å². The number of carbonyl (C=O) groups excluding carboxylic acids is 1. The molecule has 0 fully saturated rings. The van der Waals surface area contributed by atoms with Gasteiger partial charge in [-0.25, -0.2) is 4.98 Å². The molecule has 120 valence electrons. The van der Waals surface area contributed by atoms with Crippen LogP contribution in [-0.2, 0) is 21.3 Å². The quantitative estimate of drug-likeness (QED) is 0.886. The molecule has 2 unspecified atom stereocenters. The maximum atomic E-state index is 12.4. The zero-order valence-corrected chi connectivity index (χ0v) is 14.3. The van der Waals surface area contributed by atoms with Gasteiger partial charge in [0.2, 0.25) is 5.91 Å². The van der Waals surface area contributed by atoms with Crippen molar-refractivity contribution >= 4 is 22.4 Å². The molecule has 0 aromatic carbocycles. The summed E-state index contributed by atoms with van der Waals surface area (Å²) >= 11 is 0. The van der Waals surface area contributed by atoms with Crippen molar-refractivity contribution in [1.29, 1.82) is 0 Å². The number of imidazole rings is 1. The summed E-state index contributed by atoms with van der Waals surface area (Å²) in [6.07, 6.45) is 1.89. The lowest BCUT2D eigenvalue weighted by molar-refractivity contribution is -0.120. The van der Waals surface area contributed by atoms with E-state index in [1.807, 2.05) is 49.6 Å². The molecule has 0 aliphatic rings. The summed E-state index contributed by atoms with van der Waals surface area (Å²) in [6, 6.07) is 5.86. The Morgan fingerprint density at radius 3 is 2.73 bits per heavy atom. The van der Waals surface area contributed by atoms with Crippen LogP contribution in [0.25, 0.3) is 5.65 Å². The number of amides is 1. The van der Waals surface area contributed by atoms with Crippen molar-refractivity contribution in [1.82, 2.24) is 14.7 Å². The topological polar surface area (TPSA) is 63.5 Å². The van der Waals surface area contributed by atoms with Gasteiger partial charge in [-0.3, -0.25) is 9.00 Å². The number of aryl methyl sites for hydroxylation is 1. The van der Waals surface area contributed by atoms with Crippen molar-refractivity contribution < 1.29 is 9.00 Å². The molecule has 6 heteroatoms. The summed E-state index contributed by atoms with van der Waals surface area (Å²) in [5, 5.41) is 2.29. The van der Waals surface area contributed by atoms with Gasteiger partial charge < -0.3 is 9.72 Å². The zero-order chi connectivity index (χ0) is 16.3. The molecule has 0 spiro atoms. The summed E-state index contributed by atoms with van der Waals surface area (Å²) in [6.45, 7) is 8.36. The molecule has 2 rings (SSSR count). The number of carbonyl (C=O) groups is 1. The third kappa shape index (κ3) is 3.94. The van der Waals surface area contributed by atoms with E-state index in [4.69, 9.17) is 0 Å². The van der Waals surface area contributed by atoms with Gasteiger partial charge in [-0.15, -0.1) is 0 Å². The minimum Gasteiger partial charge on any atom is -0.355 e. The molecule has 0 radical (unpaired) electrons. The predicted octanol–water partition coefficient (Wildman–Crippen LogP) is 2.05. The molecule has 0 saturated carbocycles. The summed E-state index contributed by atoms with van der Waals surface area (Å²) in [5.41, 5.74) is 2.66. The van der Waals surface area contributed by atoms with Crippen molar-refractivity contribution in [3.05, 3.63) is 35.8 Å². The second-order valence-corrected chi connectivity index (χ2v) is 7.69. The Morgan fingerprint density at radius 1 is 1.36 bits per heavy atom. The highest BCUT2D eigenvalue weighted by molar-refractivity contribution is 7.85. The molecule has 5 nitrogen and oxygen atoms in total. The highest BCUT2D eigenvalue weighted by Crippen LogP contribution is 2.11. The van der Waals surface area contributed by atoms with Crippen LogP contribution in [0.2, 0.25) is 0 Å². The van der Waals surface area contributed by atoms with Crippen LogP contribution < -0.4 is 5.32 Å². The Balaban J connectivity index is 2.03. The van der Waals surface area contributed by atoms with Crippen LogP contribution in [0.15, 0.2) is 24.4 Å². The second kappa shape index (κ2) is 7.05. The Hall–Kier alpha value is -1.69. The van der Waals surface area contributed by atoms with Gasteiger partial charge in [0, 0.05) is 29.2 Å². The van der Waals surface area contributed by atoms with Crippen LogP contribution in [0, 0.1) is 12.8 Å². The van der Waals surface area contributed by atoms with Crippen molar-refractivity contribution in [2.75, 3.05) is 6.54 Å². The van der Waals surface area contributed by atoms with Crippen LogP contribution in [0.5, 0.6) is 0 Å². The van der Waals surface area contributed by atoms with E-state index in [1.54, 1.807) is 6.92 Å². The standard InChI is InChI=1S/C16H23N3O2S/c1-11(2)8-17-16(20)13(4)22(21)10-14-9-19-12(3)6-5-7-15(19)18-14/h5-7,9,11,13H,8,10H2,1-4H3,(H,17,20). The molecular formula is C16H23N3O2S. The number of aromatic nitrogens is 2. The Kier molecular flexibility index (Phi) is 5.34. The van der Waals surface area contributed by atoms with Crippen molar-refractivity contribution in [3.63, 3.8) is 0 Å². The fraction of sp³-hybridized carbons (Fsp3) is 0.500. The van der Waals surface area contributed by atoms with Gasteiger partial charge in [-0.05, 0) is 31.9 Å². The molecule has 0 bridgehead atoms. The second-order valence-electron chi connectivity index (χ2n) is 5.93.